The topological polar surface area (TPSA) is 85.6 Å². The van der Waals surface area contributed by atoms with Gasteiger partial charge in [0.1, 0.15) is 18.0 Å². The predicted octanol–water partition coefficient (Wildman–Crippen LogP) is 4.81. The SMILES string of the molecule is O=[P+](O)OCCCNCc1ccc(OCCCCCc2ccccc2)c(-n2cccn2)c1. The first-order chi connectivity index (χ1) is 15.7. The number of benzene rings is 2. The third-order valence-electron chi connectivity index (χ3n) is 5.01. The fraction of sp³-hybridized carbons (Fsp3) is 0.375. The third kappa shape index (κ3) is 8.52. The average molecular weight is 457 g/mol. The molecule has 0 aliphatic carbocycles. The number of aryl methyl sites for hydroxylation is 1. The maximum atomic E-state index is 10.5. The second-order valence-electron chi connectivity index (χ2n) is 7.50. The van der Waals surface area contributed by atoms with Crippen molar-refractivity contribution in [3.8, 4) is 11.4 Å². The lowest BCUT2D eigenvalue weighted by molar-refractivity contribution is 0.276. The monoisotopic (exact) mass is 456 g/mol. The normalized spacial score (nSPS) is 11.5. The van der Waals surface area contributed by atoms with Gasteiger partial charge in [0.2, 0.25) is 0 Å². The number of ether oxygens (including phenoxy) is 1. The Morgan fingerprint density at radius 3 is 2.62 bits per heavy atom. The number of nitrogens with zero attached hydrogens (tertiary/aromatic N) is 2. The summed E-state index contributed by atoms with van der Waals surface area (Å²) in [5, 5.41) is 7.69. The highest BCUT2D eigenvalue weighted by atomic mass is 31.1. The van der Waals surface area contributed by atoms with Crippen molar-refractivity contribution in [1.29, 1.82) is 0 Å². The van der Waals surface area contributed by atoms with E-state index in [-0.39, 0.29) is 6.61 Å². The van der Waals surface area contributed by atoms with Crippen LogP contribution >= 0.6 is 8.25 Å². The first kappa shape index (κ1) is 24.1. The van der Waals surface area contributed by atoms with Gasteiger partial charge >= 0.3 is 8.25 Å². The van der Waals surface area contributed by atoms with Crippen LogP contribution in [0.4, 0.5) is 0 Å². The number of nitrogens with one attached hydrogen (secondary N) is 1. The van der Waals surface area contributed by atoms with Gasteiger partial charge in [0.15, 0.2) is 0 Å². The molecule has 1 aromatic heterocycles. The van der Waals surface area contributed by atoms with Gasteiger partial charge in [0.25, 0.3) is 0 Å². The van der Waals surface area contributed by atoms with E-state index < -0.39 is 8.25 Å². The quantitative estimate of drug-likeness (QED) is 0.252. The molecule has 0 amide bonds. The summed E-state index contributed by atoms with van der Waals surface area (Å²) in [4.78, 5) is 8.63. The molecule has 7 nitrogen and oxygen atoms in total. The third-order valence-corrected chi connectivity index (χ3v) is 5.42. The molecule has 0 radical (unpaired) electrons. The molecule has 8 heteroatoms. The summed E-state index contributed by atoms with van der Waals surface area (Å²) in [7, 11) is -2.52. The summed E-state index contributed by atoms with van der Waals surface area (Å²) in [5.74, 6) is 0.820. The lowest BCUT2D eigenvalue weighted by Gasteiger charge is -2.14. The predicted molar refractivity (Wildman–Crippen MR) is 125 cm³/mol. The maximum absolute atomic E-state index is 10.5. The van der Waals surface area contributed by atoms with Crippen LogP contribution in [-0.4, -0.2) is 34.4 Å². The van der Waals surface area contributed by atoms with Gasteiger partial charge in [-0.3, -0.25) is 0 Å². The number of hydrogen-bond donors (Lipinski definition) is 2. The lowest BCUT2D eigenvalue weighted by Crippen LogP contribution is -2.16. The van der Waals surface area contributed by atoms with Gasteiger partial charge < -0.3 is 10.1 Å². The van der Waals surface area contributed by atoms with Crippen molar-refractivity contribution < 1.29 is 18.7 Å². The summed E-state index contributed by atoms with van der Waals surface area (Å²) in [6.45, 7) is 2.31. The Morgan fingerprint density at radius 2 is 1.84 bits per heavy atom. The van der Waals surface area contributed by atoms with Crippen LogP contribution in [0.1, 0.15) is 36.8 Å². The van der Waals surface area contributed by atoms with Gasteiger partial charge in [-0.15, -0.1) is 9.42 Å². The van der Waals surface area contributed by atoms with Gasteiger partial charge in [0.05, 0.1) is 6.61 Å². The highest BCUT2D eigenvalue weighted by molar-refractivity contribution is 7.32. The van der Waals surface area contributed by atoms with Crippen LogP contribution in [0.15, 0.2) is 67.0 Å². The van der Waals surface area contributed by atoms with Crippen LogP contribution in [0.2, 0.25) is 0 Å². The van der Waals surface area contributed by atoms with E-state index in [1.165, 1.54) is 5.56 Å². The molecule has 1 atom stereocenters. The molecule has 3 aromatic rings. The van der Waals surface area contributed by atoms with Crippen molar-refractivity contribution in [3.05, 3.63) is 78.1 Å². The van der Waals surface area contributed by atoms with E-state index in [1.54, 1.807) is 6.20 Å². The van der Waals surface area contributed by atoms with E-state index in [9.17, 15) is 4.57 Å². The molecule has 0 bridgehead atoms. The van der Waals surface area contributed by atoms with Crippen LogP contribution in [0.25, 0.3) is 5.69 Å². The first-order valence-corrected chi connectivity index (χ1v) is 12.1. The van der Waals surface area contributed by atoms with Crippen molar-refractivity contribution in [2.75, 3.05) is 19.8 Å². The lowest BCUT2D eigenvalue weighted by atomic mass is 10.1. The Balaban J connectivity index is 1.45. The highest BCUT2D eigenvalue weighted by Crippen LogP contribution is 2.24. The van der Waals surface area contributed by atoms with Crippen LogP contribution in [0.5, 0.6) is 5.75 Å². The van der Waals surface area contributed by atoms with E-state index in [0.29, 0.717) is 26.1 Å². The smallest absolute Gasteiger partial charge is 0.491 e. The van der Waals surface area contributed by atoms with Crippen molar-refractivity contribution >= 4 is 8.25 Å². The molecule has 1 heterocycles. The van der Waals surface area contributed by atoms with Crippen molar-refractivity contribution in [2.45, 2.75) is 38.6 Å². The summed E-state index contributed by atoms with van der Waals surface area (Å²) >= 11 is 0. The number of rotatable bonds is 15. The molecule has 2 aromatic carbocycles. The highest BCUT2D eigenvalue weighted by Gasteiger charge is 2.11. The zero-order valence-electron chi connectivity index (χ0n) is 18.2. The second-order valence-corrected chi connectivity index (χ2v) is 8.23. The molecule has 2 N–H and O–H groups in total. The van der Waals surface area contributed by atoms with Gasteiger partial charge in [-0.05, 0) is 68.0 Å². The minimum absolute atomic E-state index is 0.259. The zero-order valence-corrected chi connectivity index (χ0v) is 19.1. The molecular formula is C24H31N3O4P+. The molecule has 0 fully saturated rings. The molecule has 0 aliphatic rings. The largest absolute Gasteiger partial charge is 0.694 e. The van der Waals surface area contributed by atoms with E-state index in [4.69, 9.17) is 9.63 Å². The van der Waals surface area contributed by atoms with E-state index in [2.05, 4.69) is 51.3 Å². The number of aromatic nitrogens is 2. The van der Waals surface area contributed by atoms with E-state index in [0.717, 1.165) is 42.7 Å². The second kappa shape index (κ2) is 13.8. The Hall–Kier alpha value is -2.57. The van der Waals surface area contributed by atoms with Gasteiger partial charge in [0, 0.05) is 23.5 Å². The Labute approximate surface area is 190 Å². The molecule has 0 spiro atoms. The van der Waals surface area contributed by atoms with E-state index in [1.807, 2.05) is 29.1 Å². The standard InChI is InChI=1S/C24H30N3O4P/c28-32(29)31-18-8-14-25-20-22-12-13-24(23(19-22)27-16-7-15-26-27)30-17-6-2-5-11-21-9-3-1-4-10-21/h1,3-4,7,9-10,12-13,15-16,19,25H,2,5-6,8,11,14,17-18,20H2/p+1. The van der Waals surface area contributed by atoms with Crippen LogP contribution in [-0.2, 0) is 22.1 Å². The molecule has 0 saturated carbocycles. The van der Waals surface area contributed by atoms with Crippen LogP contribution in [0.3, 0.4) is 0 Å². The number of unbranched alkanes of at least 4 members (excludes halogenated alkanes) is 2. The molecule has 0 aliphatic heterocycles. The van der Waals surface area contributed by atoms with Gasteiger partial charge in [-0.2, -0.15) is 5.10 Å². The van der Waals surface area contributed by atoms with Crippen molar-refractivity contribution in [3.63, 3.8) is 0 Å². The molecule has 0 saturated heterocycles. The minimum atomic E-state index is -2.52. The van der Waals surface area contributed by atoms with Crippen LogP contribution in [0, 0.1) is 0 Å². The van der Waals surface area contributed by atoms with E-state index >= 15 is 0 Å². The fourth-order valence-corrected chi connectivity index (χ4v) is 3.68. The maximum Gasteiger partial charge on any atom is 0.694 e. The molecular weight excluding hydrogens is 425 g/mol. The van der Waals surface area contributed by atoms with Gasteiger partial charge in [-0.25, -0.2) is 4.68 Å². The Bertz CT molecular complexity index is 936. The van der Waals surface area contributed by atoms with Gasteiger partial charge in [-0.1, -0.05) is 36.4 Å². The molecule has 1 unspecified atom stereocenters. The Kier molecular flexibility index (Phi) is 10.4. The molecule has 32 heavy (non-hydrogen) atoms. The summed E-state index contributed by atoms with van der Waals surface area (Å²) < 4.78 is 23.1. The average Bonchev–Trinajstić information content (AvgIpc) is 3.34. The minimum Gasteiger partial charge on any atom is -0.491 e. The van der Waals surface area contributed by atoms with Crippen LogP contribution < -0.4 is 10.1 Å². The van der Waals surface area contributed by atoms with Crippen molar-refractivity contribution in [1.82, 2.24) is 15.1 Å². The van der Waals surface area contributed by atoms with Crippen molar-refractivity contribution in [2.24, 2.45) is 0 Å². The first-order valence-electron chi connectivity index (χ1n) is 11.0. The summed E-state index contributed by atoms with van der Waals surface area (Å²) in [5.41, 5.74) is 3.41. The summed E-state index contributed by atoms with van der Waals surface area (Å²) in [6, 6.07) is 18.6. The fourth-order valence-electron chi connectivity index (χ4n) is 3.39. The zero-order chi connectivity index (χ0) is 22.4. The number of hydrogen-bond acceptors (Lipinski definition) is 5. The molecule has 170 valence electrons. The molecule has 3 rings (SSSR count). The Morgan fingerprint density at radius 1 is 0.969 bits per heavy atom. The summed E-state index contributed by atoms with van der Waals surface area (Å²) in [6.07, 6.45) is 8.73.